The molecule has 6 nitrogen and oxygen atoms in total. The molecule has 4 saturated heterocycles. The lowest BCUT2D eigenvalue weighted by atomic mass is 9.62. The van der Waals surface area contributed by atoms with E-state index in [4.69, 9.17) is 14.0 Å². The van der Waals surface area contributed by atoms with Crippen molar-refractivity contribution in [2.75, 3.05) is 0 Å². The largest absolute Gasteiger partial charge is 0.463 e. The maximum absolute atomic E-state index is 6.88. The number of hydrogen-bond acceptors (Lipinski definition) is 6. The molecule has 3 aromatic carbocycles. The standard InChI is InChI=1S/C27H30B3N3O3/c1-19-25(22-13-7-4-8-14-22)34-28-31(19)29-33(20(2)26(35-29)23-15-9-5-10-16-23)30-32(28)21(3)27(36-30)24-17-11-6-12-18-24/h4-21,25-27H,1-3H3/t19-,20-,21-,25-,26-,27-/m0/s1. The van der Waals surface area contributed by atoms with E-state index in [2.05, 4.69) is 126 Å². The van der Waals surface area contributed by atoms with Crippen LogP contribution in [0.4, 0.5) is 0 Å². The second kappa shape index (κ2) is 8.87. The maximum atomic E-state index is 6.88. The summed E-state index contributed by atoms with van der Waals surface area (Å²) in [5, 5.41) is 0. The predicted molar refractivity (Wildman–Crippen MR) is 142 cm³/mol. The topological polar surface area (TPSA) is 37.4 Å². The van der Waals surface area contributed by atoms with E-state index in [0.29, 0.717) is 0 Å². The van der Waals surface area contributed by atoms with Gasteiger partial charge in [-0.2, -0.15) is 0 Å². The van der Waals surface area contributed by atoms with Crippen LogP contribution in [-0.2, 0) is 14.0 Å². The highest BCUT2D eigenvalue weighted by molar-refractivity contribution is 6.81. The van der Waals surface area contributed by atoms with Gasteiger partial charge >= 0.3 is 21.6 Å². The Balaban J connectivity index is 1.30. The third kappa shape index (κ3) is 3.38. The van der Waals surface area contributed by atoms with Gasteiger partial charge in [0.05, 0.1) is 18.3 Å². The van der Waals surface area contributed by atoms with Crippen molar-refractivity contribution in [3.8, 4) is 0 Å². The summed E-state index contributed by atoms with van der Waals surface area (Å²) in [4.78, 5) is 0. The minimum absolute atomic E-state index is 0.0468. The van der Waals surface area contributed by atoms with Crippen molar-refractivity contribution in [2.24, 2.45) is 0 Å². The Labute approximate surface area is 214 Å². The maximum Gasteiger partial charge on any atom is 0.463 e. The number of nitrogens with zero attached hydrogens (tertiary/aromatic N) is 3. The monoisotopic (exact) mass is 477 g/mol. The van der Waals surface area contributed by atoms with Crippen molar-refractivity contribution in [2.45, 2.75) is 57.2 Å². The first-order valence-electron chi connectivity index (χ1n) is 13.1. The Morgan fingerprint density at radius 1 is 0.444 bits per heavy atom. The fraction of sp³-hybridized carbons (Fsp3) is 0.333. The molecule has 3 aromatic rings. The van der Waals surface area contributed by atoms with Crippen LogP contribution >= 0.6 is 0 Å². The molecule has 0 radical (unpaired) electrons. The van der Waals surface area contributed by atoms with Gasteiger partial charge in [-0.3, -0.25) is 14.2 Å². The van der Waals surface area contributed by atoms with Gasteiger partial charge in [-0.05, 0) is 37.5 Å². The van der Waals surface area contributed by atoms with Gasteiger partial charge in [0.25, 0.3) is 0 Å². The molecule has 180 valence electrons. The Kier molecular flexibility index (Phi) is 5.62. The smallest absolute Gasteiger partial charge is 0.400 e. The lowest BCUT2D eigenvalue weighted by molar-refractivity contribution is 0.189. The Hall–Kier alpha value is -2.39. The molecule has 4 heterocycles. The second-order valence-electron chi connectivity index (χ2n) is 10.4. The molecule has 4 aliphatic rings. The van der Waals surface area contributed by atoms with Gasteiger partial charge in [-0.1, -0.05) is 91.0 Å². The van der Waals surface area contributed by atoms with E-state index in [1.807, 2.05) is 0 Å². The number of hydrogen-bond donors (Lipinski definition) is 0. The lowest BCUT2D eigenvalue weighted by Crippen LogP contribution is -2.76. The van der Waals surface area contributed by atoms with Crippen LogP contribution in [0.1, 0.15) is 55.8 Å². The molecule has 6 atom stereocenters. The van der Waals surface area contributed by atoms with Crippen LogP contribution in [0.25, 0.3) is 0 Å². The molecule has 36 heavy (non-hydrogen) atoms. The van der Waals surface area contributed by atoms with Crippen LogP contribution in [0, 0.1) is 0 Å². The van der Waals surface area contributed by atoms with E-state index < -0.39 is 0 Å². The van der Waals surface area contributed by atoms with Crippen LogP contribution in [-0.4, -0.2) is 53.8 Å². The third-order valence-corrected chi connectivity index (χ3v) is 8.44. The van der Waals surface area contributed by atoms with E-state index >= 15 is 0 Å². The number of benzene rings is 3. The third-order valence-electron chi connectivity index (χ3n) is 8.44. The number of rotatable bonds is 3. The van der Waals surface area contributed by atoms with E-state index in [1.165, 1.54) is 16.7 Å². The van der Waals surface area contributed by atoms with Gasteiger partial charge in [-0.25, -0.2) is 0 Å². The van der Waals surface area contributed by atoms with E-state index in [0.717, 1.165) is 0 Å². The van der Waals surface area contributed by atoms with Crippen molar-refractivity contribution in [3.63, 3.8) is 0 Å². The van der Waals surface area contributed by atoms with Crippen molar-refractivity contribution < 1.29 is 14.0 Å². The van der Waals surface area contributed by atoms with Crippen molar-refractivity contribution in [3.05, 3.63) is 108 Å². The average molecular weight is 477 g/mol. The molecule has 0 unspecified atom stereocenters. The Morgan fingerprint density at radius 3 is 0.944 bits per heavy atom. The molecule has 0 amide bonds. The number of fused-ring (bicyclic) bond motifs is 6. The van der Waals surface area contributed by atoms with Gasteiger partial charge in [0.2, 0.25) is 0 Å². The summed E-state index contributed by atoms with van der Waals surface area (Å²) in [5.41, 5.74) is 3.58. The Morgan fingerprint density at radius 2 is 0.694 bits per heavy atom. The zero-order chi connectivity index (χ0) is 24.4. The predicted octanol–water partition coefficient (Wildman–Crippen LogP) is 4.34. The van der Waals surface area contributed by atoms with Crippen molar-refractivity contribution >= 4 is 21.6 Å². The van der Waals surface area contributed by atoms with Crippen LogP contribution in [0.2, 0.25) is 0 Å². The molecule has 0 spiro atoms. The van der Waals surface area contributed by atoms with E-state index in [1.54, 1.807) is 0 Å². The van der Waals surface area contributed by atoms with Crippen molar-refractivity contribution in [1.82, 2.24) is 14.2 Å². The minimum atomic E-state index is -0.234. The molecule has 0 aromatic heterocycles. The summed E-state index contributed by atoms with van der Waals surface area (Å²) >= 11 is 0. The highest BCUT2D eigenvalue weighted by atomic mass is 16.5. The van der Waals surface area contributed by atoms with Gasteiger partial charge in [-0.15, -0.1) is 0 Å². The fourth-order valence-corrected chi connectivity index (χ4v) is 6.62. The van der Waals surface area contributed by atoms with E-state index in [-0.39, 0.29) is 58.0 Å². The van der Waals surface area contributed by atoms with Crippen LogP contribution < -0.4 is 0 Å². The molecule has 7 rings (SSSR count). The Bertz CT molecular complexity index is 1050. The highest BCUT2D eigenvalue weighted by Gasteiger charge is 2.70. The molecule has 0 bridgehead atoms. The molecule has 0 aliphatic carbocycles. The first kappa shape index (κ1) is 22.8. The quantitative estimate of drug-likeness (QED) is 0.523. The van der Waals surface area contributed by atoms with Gasteiger partial charge < -0.3 is 14.0 Å². The summed E-state index contributed by atoms with van der Waals surface area (Å²) in [5.74, 6) is 0. The van der Waals surface area contributed by atoms with Crippen LogP contribution in [0.5, 0.6) is 0 Å². The summed E-state index contributed by atoms with van der Waals surface area (Å²) in [7, 11) is -0.703. The summed E-state index contributed by atoms with van der Waals surface area (Å²) in [6.07, 6.45) is -0.140. The van der Waals surface area contributed by atoms with Gasteiger partial charge in [0.1, 0.15) is 0 Å². The zero-order valence-corrected chi connectivity index (χ0v) is 20.9. The molecule has 0 N–H and O–H groups in total. The first-order chi connectivity index (χ1) is 17.6. The highest BCUT2D eigenvalue weighted by Crippen LogP contribution is 2.49. The van der Waals surface area contributed by atoms with Gasteiger partial charge in [0.15, 0.2) is 0 Å². The molecule has 4 aliphatic heterocycles. The summed E-state index contributed by atoms with van der Waals surface area (Å²) in [6, 6.07) is 32.1. The van der Waals surface area contributed by atoms with Crippen LogP contribution in [0.3, 0.4) is 0 Å². The van der Waals surface area contributed by atoms with Gasteiger partial charge in [0, 0.05) is 18.1 Å². The first-order valence-corrected chi connectivity index (χ1v) is 13.1. The minimum Gasteiger partial charge on any atom is -0.400 e. The summed E-state index contributed by atoms with van der Waals surface area (Å²) in [6.45, 7) is 6.78. The fourth-order valence-electron chi connectivity index (χ4n) is 6.62. The lowest BCUT2D eigenvalue weighted by Gasteiger charge is -2.45. The second-order valence-corrected chi connectivity index (χ2v) is 10.4. The molecule has 4 fully saturated rings. The SMILES string of the molecule is C[C@H]1[C@@H](c2ccccc2)OB2N1B1O[C@H](c3ccccc3)[C@H](C)N1B1O[C@H](c3ccccc3)[C@H](C)N21. The molecule has 0 saturated carbocycles. The van der Waals surface area contributed by atoms with E-state index in [9.17, 15) is 0 Å². The van der Waals surface area contributed by atoms with Crippen molar-refractivity contribution in [1.29, 1.82) is 0 Å². The molecular weight excluding hydrogens is 447 g/mol. The van der Waals surface area contributed by atoms with Crippen LogP contribution in [0.15, 0.2) is 91.0 Å². The molecular formula is C27H30B3N3O3. The normalized spacial score (nSPS) is 32.6. The average Bonchev–Trinajstić information content (AvgIpc) is 3.57. The zero-order valence-electron chi connectivity index (χ0n) is 20.9. The molecule has 9 heteroatoms. The summed E-state index contributed by atoms with van der Waals surface area (Å²) < 4.78 is 27.9.